The quantitative estimate of drug-likeness (QED) is 0.521. The molecule has 4 rings (SSSR count). The molecule has 3 aromatic heterocycles. The Morgan fingerprint density at radius 2 is 1.95 bits per heavy atom. The summed E-state index contributed by atoms with van der Waals surface area (Å²) in [7, 11) is 0. The molecule has 0 saturated carbocycles. The first-order valence-electron chi connectivity index (χ1n) is 5.85. The van der Waals surface area contributed by atoms with Crippen molar-refractivity contribution >= 4 is 22.1 Å². The Balaban J connectivity index is 2.09. The van der Waals surface area contributed by atoms with Crippen LogP contribution in [0.4, 0.5) is 5.69 Å². The summed E-state index contributed by atoms with van der Waals surface area (Å²) in [6, 6.07) is 7.61. The summed E-state index contributed by atoms with van der Waals surface area (Å²) < 4.78 is 3.55. The number of benzene rings is 1. The summed E-state index contributed by atoms with van der Waals surface area (Å²) in [4.78, 5) is 4.40. The normalized spacial score (nSPS) is 11.4. The van der Waals surface area contributed by atoms with Gasteiger partial charge in [0.25, 0.3) is 0 Å². The molecule has 0 radical (unpaired) electrons. The Morgan fingerprint density at radius 3 is 2.89 bits per heavy atom. The molecular weight excluding hydrogens is 240 g/mol. The maximum absolute atomic E-state index is 5.84. The largest absolute Gasteiger partial charge is 0.399 e. The molecule has 0 fully saturated rings. The fourth-order valence-electron chi connectivity index (χ4n) is 2.21. The fourth-order valence-corrected chi connectivity index (χ4v) is 2.21. The molecule has 0 atom stereocenters. The van der Waals surface area contributed by atoms with Crippen LogP contribution < -0.4 is 5.73 Å². The molecule has 0 bridgehead atoms. The van der Waals surface area contributed by atoms with Gasteiger partial charge in [0, 0.05) is 23.5 Å². The van der Waals surface area contributed by atoms with Crippen molar-refractivity contribution < 1.29 is 0 Å². The third-order valence-electron chi connectivity index (χ3n) is 3.10. The van der Waals surface area contributed by atoms with E-state index in [2.05, 4.69) is 15.2 Å². The van der Waals surface area contributed by atoms with Crippen LogP contribution in [0.15, 0.2) is 49.1 Å². The molecule has 0 saturated heterocycles. The van der Waals surface area contributed by atoms with Gasteiger partial charge < -0.3 is 5.73 Å². The average molecular weight is 250 g/mol. The van der Waals surface area contributed by atoms with Crippen molar-refractivity contribution in [1.29, 1.82) is 0 Å². The third kappa shape index (κ3) is 1.40. The molecule has 0 aliphatic carbocycles. The molecule has 4 aromatic rings. The number of rotatable bonds is 1. The van der Waals surface area contributed by atoms with Crippen molar-refractivity contribution in [2.45, 2.75) is 0 Å². The SMILES string of the molecule is Nc1ccc2cnn(-c3nccn4nccc34)c2c1. The molecule has 0 unspecified atom stereocenters. The van der Waals surface area contributed by atoms with Gasteiger partial charge in [-0.3, -0.25) is 0 Å². The smallest absolute Gasteiger partial charge is 0.180 e. The molecule has 0 spiro atoms. The first kappa shape index (κ1) is 10.1. The van der Waals surface area contributed by atoms with Crippen LogP contribution in [-0.2, 0) is 0 Å². The average Bonchev–Trinajstić information content (AvgIpc) is 3.03. The summed E-state index contributed by atoms with van der Waals surface area (Å²) in [6.07, 6.45) is 7.05. The van der Waals surface area contributed by atoms with Crippen molar-refractivity contribution in [2.75, 3.05) is 5.73 Å². The lowest BCUT2D eigenvalue weighted by Crippen LogP contribution is -2.02. The Kier molecular flexibility index (Phi) is 1.88. The first-order valence-corrected chi connectivity index (χ1v) is 5.85. The van der Waals surface area contributed by atoms with E-state index in [0.29, 0.717) is 5.69 Å². The van der Waals surface area contributed by atoms with E-state index in [1.165, 1.54) is 0 Å². The number of anilines is 1. The molecule has 2 N–H and O–H groups in total. The van der Waals surface area contributed by atoms with Crippen LogP contribution >= 0.6 is 0 Å². The maximum atomic E-state index is 5.84. The molecule has 1 aromatic carbocycles. The van der Waals surface area contributed by atoms with E-state index < -0.39 is 0 Å². The third-order valence-corrected chi connectivity index (χ3v) is 3.10. The molecule has 19 heavy (non-hydrogen) atoms. The van der Waals surface area contributed by atoms with Crippen molar-refractivity contribution in [2.24, 2.45) is 0 Å². The Morgan fingerprint density at radius 1 is 1.00 bits per heavy atom. The molecule has 0 amide bonds. The van der Waals surface area contributed by atoms with E-state index in [4.69, 9.17) is 5.73 Å². The molecule has 3 heterocycles. The van der Waals surface area contributed by atoms with Gasteiger partial charge in [-0.25, -0.2) is 14.2 Å². The highest BCUT2D eigenvalue weighted by Crippen LogP contribution is 2.21. The number of aromatic nitrogens is 5. The Labute approximate surface area is 108 Å². The number of hydrogen-bond acceptors (Lipinski definition) is 4. The standard InChI is InChI=1S/C13H10N6/c14-10-2-1-9-8-17-19(12(9)7-10)13-11-3-4-16-18(11)6-5-15-13/h1-8H,14H2. The number of nitrogens with two attached hydrogens (primary N) is 1. The van der Waals surface area contributed by atoms with Crippen LogP contribution in [-0.4, -0.2) is 24.4 Å². The molecular formula is C13H10N6. The second-order valence-corrected chi connectivity index (χ2v) is 4.29. The van der Waals surface area contributed by atoms with E-state index in [-0.39, 0.29) is 0 Å². The van der Waals surface area contributed by atoms with Gasteiger partial charge in [-0.1, -0.05) is 0 Å². The van der Waals surface area contributed by atoms with Gasteiger partial charge in [0.15, 0.2) is 5.82 Å². The topological polar surface area (TPSA) is 74.0 Å². The zero-order valence-electron chi connectivity index (χ0n) is 9.93. The van der Waals surface area contributed by atoms with Gasteiger partial charge in [-0.05, 0) is 24.3 Å². The van der Waals surface area contributed by atoms with Crippen LogP contribution in [0.5, 0.6) is 0 Å². The van der Waals surface area contributed by atoms with E-state index >= 15 is 0 Å². The van der Waals surface area contributed by atoms with Gasteiger partial charge >= 0.3 is 0 Å². The summed E-state index contributed by atoms with van der Waals surface area (Å²) in [5, 5.41) is 9.62. The lowest BCUT2D eigenvalue weighted by atomic mass is 10.2. The summed E-state index contributed by atoms with van der Waals surface area (Å²) in [6.45, 7) is 0. The highest BCUT2D eigenvalue weighted by molar-refractivity contribution is 5.84. The Bertz CT molecular complexity index is 888. The van der Waals surface area contributed by atoms with Gasteiger partial charge in [0.05, 0.1) is 17.9 Å². The van der Waals surface area contributed by atoms with Crippen molar-refractivity contribution in [1.82, 2.24) is 24.4 Å². The lowest BCUT2D eigenvalue weighted by molar-refractivity contribution is 0.854. The monoisotopic (exact) mass is 250 g/mol. The first-order chi connectivity index (χ1) is 9.33. The number of nitrogen functional groups attached to an aromatic ring is 1. The maximum Gasteiger partial charge on any atom is 0.180 e. The van der Waals surface area contributed by atoms with Gasteiger partial charge in [-0.15, -0.1) is 0 Å². The summed E-state index contributed by atoms with van der Waals surface area (Å²) in [5.41, 5.74) is 8.38. The van der Waals surface area contributed by atoms with Gasteiger partial charge in [0.1, 0.15) is 5.52 Å². The molecule has 0 aliphatic rings. The minimum absolute atomic E-state index is 0.703. The minimum atomic E-state index is 0.703. The Hall–Kier alpha value is -2.89. The van der Waals surface area contributed by atoms with Crippen molar-refractivity contribution in [3.8, 4) is 5.82 Å². The summed E-state index contributed by atoms with van der Waals surface area (Å²) >= 11 is 0. The fraction of sp³-hybridized carbons (Fsp3) is 0. The lowest BCUT2D eigenvalue weighted by Gasteiger charge is -2.04. The highest BCUT2D eigenvalue weighted by atomic mass is 15.3. The van der Waals surface area contributed by atoms with Crippen LogP contribution in [0.25, 0.3) is 22.2 Å². The number of fused-ring (bicyclic) bond motifs is 2. The van der Waals surface area contributed by atoms with E-state index in [1.807, 2.05) is 24.3 Å². The van der Waals surface area contributed by atoms with E-state index in [1.54, 1.807) is 34.0 Å². The van der Waals surface area contributed by atoms with Gasteiger partial charge in [-0.2, -0.15) is 10.2 Å². The second kappa shape index (κ2) is 3.55. The van der Waals surface area contributed by atoms with Crippen molar-refractivity contribution in [3.63, 3.8) is 0 Å². The summed E-state index contributed by atoms with van der Waals surface area (Å²) in [5.74, 6) is 0.737. The predicted molar refractivity (Wildman–Crippen MR) is 72.0 cm³/mol. The molecule has 6 heteroatoms. The zero-order chi connectivity index (χ0) is 12.8. The molecule has 6 nitrogen and oxygen atoms in total. The van der Waals surface area contributed by atoms with E-state index in [9.17, 15) is 0 Å². The molecule has 0 aliphatic heterocycles. The molecule has 92 valence electrons. The van der Waals surface area contributed by atoms with Crippen molar-refractivity contribution in [3.05, 3.63) is 49.1 Å². The highest BCUT2D eigenvalue weighted by Gasteiger charge is 2.10. The van der Waals surface area contributed by atoms with Crippen LogP contribution in [0, 0.1) is 0 Å². The minimum Gasteiger partial charge on any atom is -0.399 e. The zero-order valence-corrected chi connectivity index (χ0v) is 9.93. The number of hydrogen-bond donors (Lipinski definition) is 1. The van der Waals surface area contributed by atoms with Crippen LogP contribution in [0.1, 0.15) is 0 Å². The van der Waals surface area contributed by atoms with Gasteiger partial charge in [0.2, 0.25) is 0 Å². The number of nitrogens with zero attached hydrogens (tertiary/aromatic N) is 5. The predicted octanol–water partition coefficient (Wildman–Crippen LogP) is 1.65. The van der Waals surface area contributed by atoms with Crippen LogP contribution in [0.3, 0.4) is 0 Å². The van der Waals surface area contributed by atoms with Crippen LogP contribution in [0.2, 0.25) is 0 Å². The van der Waals surface area contributed by atoms with E-state index in [0.717, 1.165) is 22.2 Å². The second-order valence-electron chi connectivity index (χ2n) is 4.29.